The molecule has 0 amide bonds. The number of halogens is 3. The van der Waals surface area contributed by atoms with Gasteiger partial charge in [0.25, 0.3) is 9.84 Å². The van der Waals surface area contributed by atoms with Crippen LogP contribution in [-0.2, 0) is 9.84 Å². The second-order valence-electron chi connectivity index (χ2n) is 5.29. The molecule has 0 heterocycles. The molecule has 0 atom stereocenters. The Morgan fingerprint density at radius 3 is 2.38 bits per heavy atom. The second-order valence-corrected chi connectivity index (χ2v) is 7.20. The summed E-state index contributed by atoms with van der Waals surface area (Å²) in [7, 11) is -3.83. The molecule has 1 aromatic rings. The fourth-order valence-electron chi connectivity index (χ4n) is 2.46. The van der Waals surface area contributed by atoms with Crippen LogP contribution < -0.4 is 4.90 Å². The Bertz CT molecular complexity index is 609. The lowest BCUT2D eigenvalue weighted by Crippen LogP contribution is -2.37. The van der Waals surface area contributed by atoms with Crippen LogP contribution in [-0.4, -0.2) is 38.7 Å². The molecule has 8 heteroatoms. The SMILES string of the molecule is CN(CC1CC(O)C1)c1ccccc1S(=O)(=O)C(F)(F)F. The number of nitrogens with zero attached hydrogens (tertiary/aromatic N) is 1. The summed E-state index contributed by atoms with van der Waals surface area (Å²) in [5.41, 5.74) is -5.30. The normalized spacial score (nSPS) is 22.7. The monoisotopic (exact) mass is 323 g/mol. The van der Waals surface area contributed by atoms with Gasteiger partial charge in [0.1, 0.15) is 0 Å². The smallest absolute Gasteiger partial charge is 0.393 e. The van der Waals surface area contributed by atoms with E-state index in [4.69, 9.17) is 0 Å². The molecule has 2 rings (SSSR count). The first-order chi connectivity index (χ1) is 9.63. The van der Waals surface area contributed by atoms with Crippen molar-refractivity contribution in [3.63, 3.8) is 0 Å². The number of rotatable bonds is 4. The number of aliphatic hydroxyl groups excluding tert-OH is 1. The lowest BCUT2D eigenvalue weighted by atomic mass is 9.82. The summed E-state index contributed by atoms with van der Waals surface area (Å²) >= 11 is 0. The first-order valence-electron chi connectivity index (χ1n) is 6.42. The summed E-state index contributed by atoms with van der Waals surface area (Å²) in [5.74, 6) is 0.159. The zero-order chi connectivity index (χ0) is 15.8. The van der Waals surface area contributed by atoms with Crippen molar-refractivity contribution in [1.82, 2.24) is 0 Å². The molecule has 1 saturated carbocycles. The highest BCUT2D eigenvalue weighted by Gasteiger charge is 2.48. The minimum Gasteiger partial charge on any atom is -0.393 e. The van der Waals surface area contributed by atoms with Gasteiger partial charge >= 0.3 is 5.51 Å². The van der Waals surface area contributed by atoms with Gasteiger partial charge in [-0.3, -0.25) is 0 Å². The van der Waals surface area contributed by atoms with Gasteiger partial charge in [-0.1, -0.05) is 12.1 Å². The summed E-state index contributed by atoms with van der Waals surface area (Å²) in [4.78, 5) is 0.759. The molecule has 1 N–H and O–H groups in total. The standard InChI is InChI=1S/C13H16F3NO3S/c1-17(8-9-6-10(18)7-9)11-4-2-3-5-12(11)21(19,20)13(14,15)16/h2-5,9-10,18H,6-8H2,1H3. The number of para-hydroxylation sites is 1. The Morgan fingerprint density at radius 2 is 1.86 bits per heavy atom. The van der Waals surface area contributed by atoms with Gasteiger partial charge in [-0.25, -0.2) is 8.42 Å². The number of hydrogen-bond donors (Lipinski definition) is 1. The summed E-state index contributed by atoms with van der Waals surface area (Å²) in [6.45, 7) is 0.404. The highest BCUT2D eigenvalue weighted by molar-refractivity contribution is 7.92. The molecular weight excluding hydrogens is 307 g/mol. The van der Waals surface area contributed by atoms with E-state index in [-0.39, 0.29) is 17.7 Å². The van der Waals surface area contributed by atoms with Crippen LogP contribution >= 0.6 is 0 Å². The van der Waals surface area contributed by atoms with E-state index in [1.165, 1.54) is 23.1 Å². The van der Waals surface area contributed by atoms with Crippen LogP contribution in [0.3, 0.4) is 0 Å². The van der Waals surface area contributed by atoms with Crippen LogP contribution in [0.25, 0.3) is 0 Å². The minimum absolute atomic E-state index is 0.0243. The molecule has 1 fully saturated rings. The average molecular weight is 323 g/mol. The van der Waals surface area contributed by atoms with Crippen LogP contribution in [0.5, 0.6) is 0 Å². The maximum Gasteiger partial charge on any atom is 0.501 e. The van der Waals surface area contributed by atoms with Crippen LogP contribution in [0.15, 0.2) is 29.2 Å². The summed E-state index contributed by atoms with van der Waals surface area (Å²) in [6, 6.07) is 5.08. The summed E-state index contributed by atoms with van der Waals surface area (Å²) < 4.78 is 61.4. The fraction of sp³-hybridized carbons (Fsp3) is 0.538. The molecule has 1 aromatic carbocycles. The largest absolute Gasteiger partial charge is 0.501 e. The zero-order valence-corrected chi connectivity index (χ0v) is 12.2. The summed E-state index contributed by atoms with van der Waals surface area (Å²) in [6.07, 6.45) is 0.800. The van der Waals surface area contributed by atoms with Crippen LogP contribution in [0.4, 0.5) is 18.9 Å². The Hall–Kier alpha value is -1.28. The Morgan fingerprint density at radius 1 is 1.29 bits per heavy atom. The van der Waals surface area contributed by atoms with Crippen molar-refractivity contribution in [1.29, 1.82) is 0 Å². The second kappa shape index (κ2) is 5.49. The van der Waals surface area contributed by atoms with Crippen LogP contribution in [0.1, 0.15) is 12.8 Å². The number of hydrogen-bond acceptors (Lipinski definition) is 4. The number of anilines is 1. The molecule has 1 aliphatic rings. The predicted octanol–water partition coefficient (Wildman–Crippen LogP) is 2.19. The molecule has 1 aliphatic carbocycles. The van der Waals surface area contributed by atoms with Gasteiger partial charge in [-0.15, -0.1) is 0 Å². The van der Waals surface area contributed by atoms with E-state index in [0.29, 0.717) is 19.4 Å². The predicted molar refractivity (Wildman–Crippen MR) is 71.7 cm³/mol. The van der Waals surface area contributed by atoms with Crippen molar-refractivity contribution in [2.75, 3.05) is 18.5 Å². The van der Waals surface area contributed by atoms with E-state index in [1.807, 2.05) is 0 Å². The molecule has 118 valence electrons. The zero-order valence-electron chi connectivity index (χ0n) is 11.3. The first-order valence-corrected chi connectivity index (χ1v) is 7.91. The third-order valence-electron chi connectivity index (χ3n) is 3.61. The molecule has 0 spiro atoms. The highest BCUT2D eigenvalue weighted by Crippen LogP contribution is 2.36. The van der Waals surface area contributed by atoms with Gasteiger partial charge in [0, 0.05) is 13.6 Å². The van der Waals surface area contributed by atoms with Crippen molar-refractivity contribution < 1.29 is 26.7 Å². The van der Waals surface area contributed by atoms with E-state index < -0.39 is 20.2 Å². The minimum atomic E-state index is -5.38. The van der Waals surface area contributed by atoms with Gasteiger partial charge in [0.05, 0.1) is 16.7 Å². The molecule has 21 heavy (non-hydrogen) atoms. The first kappa shape index (κ1) is 16.1. The molecule has 0 unspecified atom stereocenters. The maximum atomic E-state index is 12.7. The van der Waals surface area contributed by atoms with Gasteiger partial charge in [-0.2, -0.15) is 13.2 Å². The Balaban J connectivity index is 2.29. The van der Waals surface area contributed by atoms with Crippen molar-refractivity contribution >= 4 is 15.5 Å². The van der Waals surface area contributed by atoms with Gasteiger partial charge in [-0.05, 0) is 30.9 Å². The number of sulfone groups is 1. The molecule has 0 radical (unpaired) electrons. The molecular formula is C13H16F3NO3S. The van der Waals surface area contributed by atoms with E-state index in [1.54, 1.807) is 7.05 Å². The highest BCUT2D eigenvalue weighted by atomic mass is 32.2. The Labute approximate surface area is 121 Å². The Kier molecular flexibility index (Phi) is 4.21. The van der Waals surface area contributed by atoms with E-state index in [2.05, 4.69) is 0 Å². The van der Waals surface area contributed by atoms with Gasteiger partial charge in [0.15, 0.2) is 0 Å². The number of aliphatic hydroxyl groups is 1. The van der Waals surface area contributed by atoms with E-state index in [9.17, 15) is 26.7 Å². The van der Waals surface area contributed by atoms with Crippen LogP contribution in [0, 0.1) is 5.92 Å². The van der Waals surface area contributed by atoms with Crippen molar-refractivity contribution in [3.8, 4) is 0 Å². The van der Waals surface area contributed by atoms with Crippen molar-refractivity contribution in [2.24, 2.45) is 5.92 Å². The maximum absolute atomic E-state index is 12.7. The molecule has 4 nitrogen and oxygen atoms in total. The van der Waals surface area contributed by atoms with Crippen molar-refractivity contribution in [3.05, 3.63) is 24.3 Å². The molecule has 0 aromatic heterocycles. The van der Waals surface area contributed by atoms with Gasteiger partial charge < -0.3 is 10.0 Å². The van der Waals surface area contributed by atoms with Crippen molar-refractivity contribution in [2.45, 2.75) is 29.3 Å². The lowest BCUT2D eigenvalue weighted by Gasteiger charge is -2.35. The molecule has 0 saturated heterocycles. The van der Waals surface area contributed by atoms with Gasteiger partial charge in [0.2, 0.25) is 0 Å². The third kappa shape index (κ3) is 3.16. The molecule has 0 aliphatic heterocycles. The van der Waals surface area contributed by atoms with E-state index in [0.717, 1.165) is 6.07 Å². The lowest BCUT2D eigenvalue weighted by molar-refractivity contribution is -0.0435. The van der Waals surface area contributed by atoms with E-state index >= 15 is 0 Å². The molecule has 0 bridgehead atoms. The fourth-order valence-corrected chi connectivity index (χ4v) is 3.47. The average Bonchev–Trinajstić information content (AvgIpc) is 2.35. The third-order valence-corrected chi connectivity index (χ3v) is 5.15. The van der Waals surface area contributed by atoms with Crippen LogP contribution in [0.2, 0.25) is 0 Å². The summed E-state index contributed by atoms with van der Waals surface area (Å²) in [5, 5.41) is 9.23. The quantitative estimate of drug-likeness (QED) is 0.923. The number of benzene rings is 1. The topological polar surface area (TPSA) is 57.6 Å². The number of alkyl halides is 3.